The van der Waals surface area contributed by atoms with Crippen molar-refractivity contribution in [2.45, 2.75) is 77.5 Å². The number of carbonyl (C=O) groups is 2. The zero-order valence-electron chi connectivity index (χ0n) is 14.6. The first kappa shape index (κ1) is 15.9. The average Bonchev–Trinajstić information content (AvgIpc) is 2.92. The molecule has 0 unspecified atom stereocenters. The molecule has 1 aromatic rings. The third-order valence-corrected chi connectivity index (χ3v) is 5.91. The fourth-order valence-corrected chi connectivity index (χ4v) is 4.88. The molecule has 2 fully saturated rings. The van der Waals surface area contributed by atoms with Gasteiger partial charge in [0.25, 0.3) is 5.91 Å². The van der Waals surface area contributed by atoms with Crippen LogP contribution in [0.3, 0.4) is 0 Å². The van der Waals surface area contributed by atoms with E-state index in [9.17, 15) is 14.7 Å². The van der Waals surface area contributed by atoms with Crippen LogP contribution in [-0.2, 0) is 6.42 Å². The third-order valence-electron chi connectivity index (χ3n) is 5.91. The van der Waals surface area contributed by atoms with Crippen molar-refractivity contribution < 1.29 is 19.1 Å². The van der Waals surface area contributed by atoms with Crippen LogP contribution in [0.15, 0.2) is 4.42 Å². The van der Waals surface area contributed by atoms with Gasteiger partial charge in [-0.15, -0.1) is 0 Å². The molecule has 0 radical (unpaired) electrons. The Morgan fingerprint density at radius 2 is 1.83 bits per heavy atom. The smallest absolute Gasteiger partial charge is 0.290 e. The molecule has 4 rings (SSSR count). The van der Waals surface area contributed by atoms with E-state index in [2.05, 4.69) is 13.8 Å². The average molecular weight is 331 g/mol. The van der Waals surface area contributed by atoms with E-state index in [0.717, 1.165) is 12.8 Å². The minimum absolute atomic E-state index is 0.0820. The van der Waals surface area contributed by atoms with E-state index >= 15 is 0 Å². The molecular weight excluding hydrogens is 306 g/mol. The van der Waals surface area contributed by atoms with Crippen LogP contribution in [0.5, 0.6) is 0 Å². The number of furan rings is 1. The van der Waals surface area contributed by atoms with Gasteiger partial charge in [0.1, 0.15) is 5.76 Å². The summed E-state index contributed by atoms with van der Waals surface area (Å²) in [5.41, 5.74) is 1.20. The van der Waals surface area contributed by atoms with Crippen LogP contribution in [0.4, 0.5) is 0 Å². The highest BCUT2D eigenvalue weighted by atomic mass is 16.4. The Kier molecular flexibility index (Phi) is 3.43. The van der Waals surface area contributed by atoms with Crippen LogP contribution in [0.2, 0.25) is 0 Å². The molecule has 2 bridgehead atoms. The number of fused-ring (bicyclic) bond motifs is 3. The quantitative estimate of drug-likeness (QED) is 0.859. The minimum atomic E-state index is -0.306. The van der Waals surface area contributed by atoms with E-state index in [1.807, 2.05) is 11.8 Å². The molecule has 2 aliphatic heterocycles. The van der Waals surface area contributed by atoms with Crippen molar-refractivity contribution in [1.29, 1.82) is 0 Å². The van der Waals surface area contributed by atoms with Gasteiger partial charge in [-0.1, -0.05) is 13.8 Å². The first-order valence-corrected chi connectivity index (χ1v) is 8.93. The fourth-order valence-electron chi connectivity index (χ4n) is 4.88. The van der Waals surface area contributed by atoms with Crippen molar-refractivity contribution in [3.63, 3.8) is 0 Å². The number of nitrogens with zero attached hydrogens (tertiary/aromatic N) is 1. The first-order valence-electron chi connectivity index (χ1n) is 8.93. The lowest BCUT2D eigenvalue weighted by Crippen LogP contribution is -2.48. The lowest BCUT2D eigenvalue weighted by Gasteiger charge is -2.36. The normalized spacial score (nSPS) is 31.2. The number of hydrogen-bond acceptors (Lipinski definition) is 4. The fraction of sp³-hybridized carbons (Fsp3) is 0.684. The number of amides is 1. The summed E-state index contributed by atoms with van der Waals surface area (Å²) < 4.78 is 5.93. The standard InChI is InChI=1S/C19H25NO4/c1-10-16-14(22)8-19(2,3)9-15(16)24-17(10)18(23)20-11-4-5-12(20)7-13(21)6-11/h11-13,21H,4-9H2,1-3H3/t11-,12-/m0/s1. The molecule has 3 aliphatic rings. The van der Waals surface area contributed by atoms with Gasteiger partial charge in [-0.3, -0.25) is 9.59 Å². The Hall–Kier alpha value is -1.62. The Balaban J connectivity index is 1.69. The highest BCUT2D eigenvalue weighted by Crippen LogP contribution is 2.41. The van der Waals surface area contributed by atoms with Gasteiger partial charge in [-0.25, -0.2) is 0 Å². The zero-order valence-corrected chi connectivity index (χ0v) is 14.6. The lowest BCUT2D eigenvalue weighted by molar-refractivity contribution is 0.0261. The van der Waals surface area contributed by atoms with Gasteiger partial charge in [-0.2, -0.15) is 0 Å². The second-order valence-electron chi connectivity index (χ2n) is 8.52. The van der Waals surface area contributed by atoms with Gasteiger partial charge in [0.05, 0.1) is 11.7 Å². The number of hydrogen-bond donors (Lipinski definition) is 1. The maximum Gasteiger partial charge on any atom is 0.290 e. The van der Waals surface area contributed by atoms with Crippen LogP contribution in [-0.4, -0.2) is 39.9 Å². The summed E-state index contributed by atoms with van der Waals surface area (Å²) in [6.07, 6.45) is 4.06. The van der Waals surface area contributed by atoms with Gasteiger partial charge < -0.3 is 14.4 Å². The van der Waals surface area contributed by atoms with Crippen LogP contribution in [0.1, 0.15) is 78.2 Å². The van der Waals surface area contributed by atoms with E-state index < -0.39 is 0 Å². The van der Waals surface area contributed by atoms with Crippen molar-refractivity contribution in [2.24, 2.45) is 5.41 Å². The second-order valence-corrected chi connectivity index (χ2v) is 8.52. The Labute approximate surface area is 142 Å². The number of aliphatic hydroxyl groups excluding tert-OH is 1. The van der Waals surface area contributed by atoms with Crippen molar-refractivity contribution >= 4 is 11.7 Å². The van der Waals surface area contributed by atoms with Crippen LogP contribution < -0.4 is 0 Å². The molecule has 2 saturated heterocycles. The van der Waals surface area contributed by atoms with Gasteiger partial charge in [0.15, 0.2) is 11.5 Å². The van der Waals surface area contributed by atoms with Crippen LogP contribution in [0.25, 0.3) is 0 Å². The number of ketones is 1. The maximum absolute atomic E-state index is 13.1. The number of aliphatic hydroxyl groups is 1. The van der Waals surface area contributed by atoms with Crippen molar-refractivity contribution in [2.75, 3.05) is 0 Å². The van der Waals surface area contributed by atoms with Crippen molar-refractivity contribution in [1.82, 2.24) is 4.90 Å². The molecule has 24 heavy (non-hydrogen) atoms. The predicted molar refractivity (Wildman–Crippen MR) is 88.1 cm³/mol. The van der Waals surface area contributed by atoms with Crippen molar-refractivity contribution in [3.8, 4) is 0 Å². The maximum atomic E-state index is 13.1. The summed E-state index contributed by atoms with van der Waals surface area (Å²) in [7, 11) is 0. The molecule has 130 valence electrons. The highest BCUT2D eigenvalue weighted by molar-refractivity contribution is 6.04. The molecule has 1 aromatic heterocycles. The van der Waals surface area contributed by atoms with E-state index in [1.165, 1.54) is 0 Å². The summed E-state index contributed by atoms with van der Waals surface area (Å²) in [5.74, 6) is 0.978. The third kappa shape index (κ3) is 2.32. The topological polar surface area (TPSA) is 70.8 Å². The summed E-state index contributed by atoms with van der Waals surface area (Å²) >= 11 is 0. The SMILES string of the molecule is Cc1c(C(=O)N2[C@H]3CC[C@H]2CC(O)C3)oc2c1C(=O)CC(C)(C)C2. The molecule has 1 amide bonds. The van der Waals surface area contributed by atoms with Gasteiger partial charge in [0, 0.05) is 30.5 Å². The monoisotopic (exact) mass is 331 g/mol. The largest absolute Gasteiger partial charge is 0.455 e. The molecule has 2 atom stereocenters. The zero-order chi connectivity index (χ0) is 17.2. The van der Waals surface area contributed by atoms with E-state index in [0.29, 0.717) is 48.3 Å². The van der Waals surface area contributed by atoms with Gasteiger partial charge in [-0.05, 0) is 38.0 Å². The summed E-state index contributed by atoms with van der Waals surface area (Å²) in [6, 6.07) is 0.194. The van der Waals surface area contributed by atoms with E-state index in [1.54, 1.807) is 0 Å². The second kappa shape index (κ2) is 5.19. The molecule has 3 heterocycles. The number of carbonyl (C=O) groups excluding carboxylic acids is 2. The first-order chi connectivity index (χ1) is 11.3. The van der Waals surface area contributed by atoms with E-state index in [-0.39, 0.29) is 35.3 Å². The molecule has 0 spiro atoms. The highest BCUT2D eigenvalue weighted by Gasteiger charge is 2.45. The minimum Gasteiger partial charge on any atom is -0.455 e. The Bertz CT molecular complexity index is 703. The molecule has 0 aromatic carbocycles. The molecular formula is C19H25NO4. The van der Waals surface area contributed by atoms with Crippen LogP contribution >= 0.6 is 0 Å². The molecule has 0 saturated carbocycles. The number of piperidine rings is 1. The molecule has 1 aliphatic carbocycles. The van der Waals surface area contributed by atoms with E-state index in [4.69, 9.17) is 4.42 Å². The summed E-state index contributed by atoms with van der Waals surface area (Å²) in [5, 5.41) is 9.93. The summed E-state index contributed by atoms with van der Waals surface area (Å²) in [4.78, 5) is 27.5. The predicted octanol–water partition coefficient (Wildman–Crippen LogP) is 2.87. The molecule has 5 heteroatoms. The number of Topliss-reactive ketones (excluding diaryl/α,β-unsaturated/α-hetero) is 1. The Morgan fingerprint density at radius 3 is 2.46 bits per heavy atom. The molecule has 5 nitrogen and oxygen atoms in total. The number of rotatable bonds is 1. The van der Waals surface area contributed by atoms with Gasteiger partial charge >= 0.3 is 0 Å². The summed E-state index contributed by atoms with van der Waals surface area (Å²) in [6.45, 7) is 5.94. The van der Waals surface area contributed by atoms with Crippen LogP contribution in [0, 0.1) is 12.3 Å². The molecule has 1 N–H and O–H groups in total. The lowest BCUT2D eigenvalue weighted by atomic mass is 9.76. The Morgan fingerprint density at radius 1 is 1.21 bits per heavy atom. The van der Waals surface area contributed by atoms with Crippen molar-refractivity contribution in [3.05, 3.63) is 22.6 Å². The van der Waals surface area contributed by atoms with Gasteiger partial charge in [0.2, 0.25) is 0 Å².